The van der Waals surface area contributed by atoms with Crippen LogP contribution in [0.1, 0.15) is 133 Å². The van der Waals surface area contributed by atoms with Gasteiger partial charge in [0.25, 0.3) is 0 Å². The van der Waals surface area contributed by atoms with Crippen molar-refractivity contribution in [2.24, 2.45) is 56.2 Å². The van der Waals surface area contributed by atoms with Gasteiger partial charge in [-0.25, -0.2) is 0 Å². The number of esters is 1. The average Bonchev–Trinajstić information content (AvgIpc) is 3.26. The summed E-state index contributed by atoms with van der Waals surface area (Å²) in [5.41, 5.74) is 2.49. The normalized spacial score (nSPS) is 39.5. The van der Waals surface area contributed by atoms with Crippen LogP contribution in [0.15, 0.2) is 22.4 Å². The predicted octanol–water partition coefficient (Wildman–Crippen LogP) is 8.41. The Morgan fingerprint density at radius 3 is 2.17 bits per heavy atom. The number of carboxylic acid groups (broad SMARTS) is 1. The standard InChI is InChI=1S/C41H63NO6/c1-24(2)32-27(44)21-41(34(42(11)12)25(3)23-43)20-19-39(9)26(33(32)41)13-14-29-38(8)17-16-30(48-31(45)22-36(4,5)35(46)47)37(6,7)28(38)15-18-40(29,39)10/h23-24,26,28-30H,13-22H2,1-12H3,(H,46,47)/b34-25-/t26?,28?,29?,30?,38?,39-,40?,41?/m1/s1. The van der Waals surface area contributed by atoms with Crippen LogP contribution in [0.25, 0.3) is 0 Å². The molecular weight excluding hydrogens is 602 g/mol. The summed E-state index contributed by atoms with van der Waals surface area (Å²) in [5, 5.41) is 9.58. The van der Waals surface area contributed by atoms with Gasteiger partial charge in [0.15, 0.2) is 5.78 Å². The molecule has 5 aliphatic rings. The summed E-state index contributed by atoms with van der Waals surface area (Å²) in [7, 11) is 4.06. The summed E-state index contributed by atoms with van der Waals surface area (Å²) in [5.74, 6) is 0.161. The van der Waals surface area contributed by atoms with E-state index in [1.54, 1.807) is 13.8 Å². The second kappa shape index (κ2) is 11.8. The molecule has 7 nitrogen and oxygen atoms in total. The third-order valence-corrected chi connectivity index (χ3v) is 15.3. The highest BCUT2D eigenvalue weighted by atomic mass is 16.5. The maximum atomic E-state index is 14.0. The van der Waals surface area contributed by atoms with Crippen molar-refractivity contribution in [2.75, 3.05) is 14.1 Å². The molecule has 0 heterocycles. The van der Waals surface area contributed by atoms with Gasteiger partial charge in [-0.3, -0.25) is 19.2 Å². The van der Waals surface area contributed by atoms with E-state index in [1.165, 1.54) is 5.57 Å². The van der Waals surface area contributed by atoms with E-state index in [2.05, 4.69) is 53.4 Å². The van der Waals surface area contributed by atoms with Crippen LogP contribution < -0.4 is 0 Å². The zero-order valence-electron chi connectivity index (χ0n) is 32.0. The van der Waals surface area contributed by atoms with Crippen LogP contribution in [0.2, 0.25) is 0 Å². The Morgan fingerprint density at radius 1 is 0.958 bits per heavy atom. The van der Waals surface area contributed by atoms with E-state index in [9.17, 15) is 24.3 Å². The van der Waals surface area contributed by atoms with Crippen LogP contribution in [0.3, 0.4) is 0 Å². The van der Waals surface area contributed by atoms with Gasteiger partial charge in [0.05, 0.1) is 11.8 Å². The molecule has 5 aliphatic carbocycles. The molecule has 0 aromatic rings. The molecule has 0 spiro atoms. The van der Waals surface area contributed by atoms with Gasteiger partial charge in [0, 0.05) is 42.6 Å². The zero-order valence-corrected chi connectivity index (χ0v) is 32.0. The molecule has 8 atom stereocenters. The smallest absolute Gasteiger partial charge is 0.309 e. The molecule has 0 radical (unpaired) electrons. The largest absolute Gasteiger partial charge is 0.481 e. The highest BCUT2D eigenvalue weighted by molar-refractivity contribution is 6.01. The van der Waals surface area contributed by atoms with E-state index in [-0.39, 0.29) is 51.8 Å². The number of hydrogen-bond donors (Lipinski definition) is 1. The molecule has 0 aromatic carbocycles. The Balaban J connectivity index is 1.51. The third kappa shape index (κ3) is 5.09. The number of carboxylic acids is 1. The van der Waals surface area contributed by atoms with Gasteiger partial charge in [-0.15, -0.1) is 0 Å². The molecule has 5 rings (SSSR count). The molecule has 1 N–H and O–H groups in total. The molecule has 0 amide bonds. The van der Waals surface area contributed by atoms with Gasteiger partial charge >= 0.3 is 11.9 Å². The lowest BCUT2D eigenvalue weighted by atomic mass is 9.33. The lowest BCUT2D eigenvalue weighted by Gasteiger charge is -2.72. The minimum Gasteiger partial charge on any atom is -0.481 e. The van der Waals surface area contributed by atoms with Crippen LogP contribution >= 0.6 is 0 Å². The Labute approximate surface area is 289 Å². The molecule has 0 saturated heterocycles. The molecule has 0 aliphatic heterocycles. The molecule has 4 fully saturated rings. The van der Waals surface area contributed by atoms with E-state index >= 15 is 0 Å². The first-order valence-electron chi connectivity index (χ1n) is 18.6. The summed E-state index contributed by atoms with van der Waals surface area (Å²) in [6, 6.07) is 0. The first-order chi connectivity index (χ1) is 22.0. The lowest BCUT2D eigenvalue weighted by molar-refractivity contribution is -0.233. The molecule has 4 saturated carbocycles. The van der Waals surface area contributed by atoms with Crippen molar-refractivity contribution in [3.63, 3.8) is 0 Å². The van der Waals surface area contributed by atoms with Crippen molar-refractivity contribution in [1.29, 1.82) is 0 Å². The fourth-order valence-electron chi connectivity index (χ4n) is 12.9. The van der Waals surface area contributed by atoms with Gasteiger partial charge < -0.3 is 14.7 Å². The van der Waals surface area contributed by atoms with Crippen molar-refractivity contribution in [3.05, 3.63) is 22.4 Å². The topological polar surface area (TPSA) is 101 Å². The Bertz CT molecular complexity index is 1450. The van der Waals surface area contributed by atoms with Gasteiger partial charge in [-0.2, -0.15) is 0 Å². The number of ketones is 1. The Kier molecular flexibility index (Phi) is 9.07. The van der Waals surface area contributed by atoms with Crippen LogP contribution in [-0.4, -0.2) is 54.2 Å². The summed E-state index contributed by atoms with van der Waals surface area (Å²) in [6.45, 7) is 21.6. The summed E-state index contributed by atoms with van der Waals surface area (Å²) < 4.78 is 6.15. The highest BCUT2D eigenvalue weighted by Gasteiger charge is 2.70. The van der Waals surface area contributed by atoms with Gasteiger partial charge in [0.2, 0.25) is 0 Å². The molecule has 268 valence electrons. The number of ether oxygens (including phenoxy) is 1. The minimum atomic E-state index is -1.16. The third-order valence-electron chi connectivity index (χ3n) is 15.3. The quantitative estimate of drug-likeness (QED) is 0.158. The van der Waals surface area contributed by atoms with Crippen molar-refractivity contribution in [1.82, 2.24) is 4.90 Å². The van der Waals surface area contributed by atoms with Crippen LogP contribution in [-0.2, 0) is 23.9 Å². The first-order valence-corrected chi connectivity index (χ1v) is 18.6. The Hall–Kier alpha value is -2.44. The number of rotatable bonds is 8. The molecule has 0 aromatic heterocycles. The van der Waals surface area contributed by atoms with E-state index < -0.39 is 22.8 Å². The fraction of sp³-hybridized carbons (Fsp3) is 0.805. The fourth-order valence-corrected chi connectivity index (χ4v) is 12.9. The number of hydrogen-bond acceptors (Lipinski definition) is 6. The van der Waals surface area contributed by atoms with E-state index in [0.717, 1.165) is 74.5 Å². The van der Waals surface area contributed by atoms with Crippen molar-refractivity contribution in [3.8, 4) is 0 Å². The molecule has 7 unspecified atom stereocenters. The van der Waals surface area contributed by atoms with Crippen LogP contribution in [0.5, 0.6) is 0 Å². The second-order valence-electron chi connectivity index (χ2n) is 19.0. The molecular formula is C41H63NO6. The van der Waals surface area contributed by atoms with Crippen LogP contribution in [0.4, 0.5) is 0 Å². The second-order valence-corrected chi connectivity index (χ2v) is 19.0. The number of aldehydes is 1. The molecule has 7 heteroatoms. The Morgan fingerprint density at radius 2 is 1.60 bits per heavy atom. The van der Waals surface area contributed by atoms with E-state index in [4.69, 9.17) is 4.74 Å². The number of allylic oxidation sites excluding steroid dienone is 3. The monoisotopic (exact) mass is 665 g/mol. The van der Waals surface area contributed by atoms with E-state index in [1.807, 2.05) is 21.0 Å². The molecule has 48 heavy (non-hydrogen) atoms. The number of carbonyl (C=O) groups excluding carboxylic acids is 3. The summed E-state index contributed by atoms with van der Waals surface area (Å²) in [6.07, 6.45) is 9.06. The van der Waals surface area contributed by atoms with Crippen molar-refractivity contribution >= 4 is 24.0 Å². The van der Waals surface area contributed by atoms with Crippen LogP contribution in [0, 0.1) is 56.2 Å². The van der Waals surface area contributed by atoms with Crippen molar-refractivity contribution in [2.45, 2.75) is 140 Å². The minimum absolute atomic E-state index is 0.00979. The summed E-state index contributed by atoms with van der Waals surface area (Å²) in [4.78, 5) is 53.2. The number of aliphatic carboxylic acids is 1. The maximum absolute atomic E-state index is 14.0. The number of fused-ring (bicyclic) bond motifs is 7. The highest BCUT2D eigenvalue weighted by Crippen LogP contribution is 2.77. The average molecular weight is 666 g/mol. The number of Topliss-reactive ketones (excluding diaryl/α,β-unsaturated/α-hetero) is 1. The van der Waals surface area contributed by atoms with Gasteiger partial charge in [-0.1, -0.05) is 48.5 Å². The number of nitrogens with zero attached hydrogens (tertiary/aromatic N) is 1. The molecule has 0 bridgehead atoms. The zero-order chi connectivity index (χ0) is 36.0. The lowest BCUT2D eigenvalue weighted by Crippen LogP contribution is -2.66. The van der Waals surface area contributed by atoms with Gasteiger partial charge in [-0.05, 0) is 123 Å². The first kappa shape index (κ1) is 36.8. The van der Waals surface area contributed by atoms with E-state index in [0.29, 0.717) is 18.3 Å². The predicted molar refractivity (Wildman–Crippen MR) is 188 cm³/mol. The maximum Gasteiger partial charge on any atom is 0.309 e. The summed E-state index contributed by atoms with van der Waals surface area (Å²) >= 11 is 0. The van der Waals surface area contributed by atoms with Crippen molar-refractivity contribution < 1.29 is 29.0 Å². The SMILES string of the molecule is C/C(C=O)=C(/N(C)C)C12CC[C@]3(C)C(CCC4C5(C)CCC(OC(=O)CC(C)(C)C(=O)O)C(C)(C)C5CCC43C)C1=C(C(C)C)C(=O)C2. The van der Waals surface area contributed by atoms with Gasteiger partial charge in [0.1, 0.15) is 12.4 Å². The number of carbonyl (C=O) groups is 4.